The molecular formula is C17H29IN4S. The zero-order chi connectivity index (χ0) is 15.6. The van der Waals surface area contributed by atoms with Crippen molar-refractivity contribution >= 4 is 41.7 Å². The van der Waals surface area contributed by atoms with Crippen molar-refractivity contribution in [2.24, 2.45) is 4.99 Å². The fourth-order valence-electron chi connectivity index (χ4n) is 2.75. The quantitative estimate of drug-likeness (QED) is 0.291. The van der Waals surface area contributed by atoms with E-state index in [1.165, 1.54) is 24.1 Å². The van der Waals surface area contributed by atoms with E-state index in [-0.39, 0.29) is 24.0 Å². The highest BCUT2D eigenvalue weighted by Gasteiger charge is 2.14. The number of halogens is 1. The van der Waals surface area contributed by atoms with Crippen LogP contribution in [0.2, 0.25) is 0 Å². The van der Waals surface area contributed by atoms with Gasteiger partial charge in [0.05, 0.1) is 0 Å². The van der Waals surface area contributed by atoms with E-state index in [2.05, 4.69) is 51.0 Å². The Labute approximate surface area is 161 Å². The highest BCUT2D eigenvalue weighted by atomic mass is 127. The van der Waals surface area contributed by atoms with Gasteiger partial charge in [0.25, 0.3) is 0 Å². The molecule has 1 aliphatic rings. The Kier molecular flexibility index (Phi) is 10.7. The summed E-state index contributed by atoms with van der Waals surface area (Å²) in [5.74, 6) is 2.02. The zero-order valence-electron chi connectivity index (χ0n) is 14.2. The van der Waals surface area contributed by atoms with Crippen molar-refractivity contribution in [1.29, 1.82) is 0 Å². The van der Waals surface area contributed by atoms with Gasteiger partial charge in [-0.05, 0) is 30.2 Å². The van der Waals surface area contributed by atoms with Crippen molar-refractivity contribution in [3.8, 4) is 0 Å². The Morgan fingerprint density at radius 3 is 2.70 bits per heavy atom. The second-order valence-electron chi connectivity index (χ2n) is 5.57. The maximum absolute atomic E-state index is 4.25. The maximum atomic E-state index is 4.25. The molecule has 23 heavy (non-hydrogen) atoms. The van der Waals surface area contributed by atoms with Crippen LogP contribution in [0.15, 0.2) is 29.3 Å². The normalized spacial score (nSPS) is 14.8. The lowest BCUT2D eigenvalue weighted by Crippen LogP contribution is -2.40. The number of thioether (sulfide) groups is 1. The van der Waals surface area contributed by atoms with Gasteiger partial charge in [-0.2, -0.15) is 11.8 Å². The Morgan fingerprint density at radius 1 is 1.22 bits per heavy atom. The Hall–Kier alpha value is -0.470. The molecule has 2 rings (SSSR count). The summed E-state index contributed by atoms with van der Waals surface area (Å²) in [5.41, 5.74) is 3.02. The second-order valence-corrected chi connectivity index (χ2v) is 6.55. The molecule has 0 spiro atoms. The first kappa shape index (κ1) is 20.6. The number of hydrogen-bond acceptors (Lipinski definition) is 3. The van der Waals surface area contributed by atoms with Crippen LogP contribution in [-0.4, -0.2) is 56.1 Å². The van der Waals surface area contributed by atoms with Gasteiger partial charge in [0, 0.05) is 45.5 Å². The molecule has 2 N–H and O–H groups in total. The molecule has 130 valence electrons. The van der Waals surface area contributed by atoms with Crippen LogP contribution in [0.25, 0.3) is 0 Å². The Balaban J connectivity index is 0.00000264. The summed E-state index contributed by atoms with van der Waals surface area (Å²) in [6, 6.07) is 8.82. The molecule has 4 nitrogen and oxygen atoms in total. The van der Waals surface area contributed by atoms with Gasteiger partial charge in [-0.15, -0.1) is 24.0 Å². The standard InChI is InChI=1S/C17H28N4S.HI/c1-18-17(20-10-13-22-2)19-9-5-11-21-12-8-15-6-3-4-7-16(15)14-21;/h3-4,6-7H,5,8-14H2,1-2H3,(H2,18,19,20);1H. The summed E-state index contributed by atoms with van der Waals surface area (Å²) in [5, 5.41) is 6.72. The lowest BCUT2D eigenvalue weighted by atomic mass is 10.00. The molecule has 1 aromatic rings. The summed E-state index contributed by atoms with van der Waals surface area (Å²) in [6.07, 6.45) is 4.45. The van der Waals surface area contributed by atoms with Gasteiger partial charge >= 0.3 is 0 Å². The van der Waals surface area contributed by atoms with Crippen LogP contribution in [0, 0.1) is 0 Å². The molecule has 6 heteroatoms. The van der Waals surface area contributed by atoms with Gasteiger partial charge < -0.3 is 10.6 Å². The van der Waals surface area contributed by atoms with Crippen LogP contribution in [0.4, 0.5) is 0 Å². The fraction of sp³-hybridized carbons (Fsp3) is 0.588. The number of rotatable bonds is 7. The molecule has 1 aliphatic heterocycles. The molecule has 0 amide bonds. The van der Waals surface area contributed by atoms with Crippen LogP contribution in [-0.2, 0) is 13.0 Å². The largest absolute Gasteiger partial charge is 0.356 e. The lowest BCUT2D eigenvalue weighted by molar-refractivity contribution is 0.251. The molecule has 0 saturated heterocycles. The van der Waals surface area contributed by atoms with Crippen molar-refractivity contribution in [2.75, 3.05) is 45.2 Å². The van der Waals surface area contributed by atoms with E-state index >= 15 is 0 Å². The monoisotopic (exact) mass is 448 g/mol. The number of guanidine groups is 1. The molecule has 0 bridgehead atoms. The third-order valence-corrected chi connectivity index (χ3v) is 4.59. The number of benzene rings is 1. The maximum Gasteiger partial charge on any atom is 0.191 e. The van der Waals surface area contributed by atoms with Crippen molar-refractivity contribution in [2.45, 2.75) is 19.4 Å². The summed E-state index contributed by atoms with van der Waals surface area (Å²) in [4.78, 5) is 6.80. The number of nitrogens with one attached hydrogen (secondary N) is 2. The molecule has 1 aromatic carbocycles. The first-order chi connectivity index (χ1) is 10.8. The van der Waals surface area contributed by atoms with Crippen LogP contribution >= 0.6 is 35.7 Å². The van der Waals surface area contributed by atoms with E-state index in [1.54, 1.807) is 0 Å². The Bertz CT molecular complexity index is 481. The average molecular weight is 448 g/mol. The van der Waals surface area contributed by atoms with Crippen LogP contribution < -0.4 is 10.6 Å². The minimum absolute atomic E-state index is 0. The van der Waals surface area contributed by atoms with Gasteiger partial charge in [0.15, 0.2) is 5.96 Å². The number of aliphatic imine (C=N–C) groups is 1. The van der Waals surface area contributed by atoms with E-state index in [4.69, 9.17) is 0 Å². The molecule has 1 heterocycles. The highest BCUT2D eigenvalue weighted by Crippen LogP contribution is 2.18. The summed E-state index contributed by atoms with van der Waals surface area (Å²) < 4.78 is 0. The van der Waals surface area contributed by atoms with E-state index in [0.717, 1.165) is 44.3 Å². The molecule has 0 fully saturated rings. The minimum atomic E-state index is 0. The van der Waals surface area contributed by atoms with Crippen LogP contribution in [0.5, 0.6) is 0 Å². The summed E-state index contributed by atoms with van der Waals surface area (Å²) in [6.45, 7) is 5.35. The van der Waals surface area contributed by atoms with Crippen molar-refractivity contribution in [3.63, 3.8) is 0 Å². The number of hydrogen-bond donors (Lipinski definition) is 2. The second kappa shape index (κ2) is 12.0. The van der Waals surface area contributed by atoms with Crippen LogP contribution in [0.1, 0.15) is 17.5 Å². The van der Waals surface area contributed by atoms with Gasteiger partial charge in [0.1, 0.15) is 0 Å². The molecular weight excluding hydrogens is 419 g/mol. The molecule has 0 saturated carbocycles. The van der Waals surface area contributed by atoms with E-state index < -0.39 is 0 Å². The first-order valence-electron chi connectivity index (χ1n) is 8.06. The first-order valence-corrected chi connectivity index (χ1v) is 9.45. The van der Waals surface area contributed by atoms with Crippen molar-refractivity contribution < 1.29 is 0 Å². The number of fused-ring (bicyclic) bond motifs is 1. The highest BCUT2D eigenvalue weighted by molar-refractivity contribution is 14.0. The van der Waals surface area contributed by atoms with E-state index in [1.807, 2.05) is 18.8 Å². The fourth-order valence-corrected chi connectivity index (χ4v) is 3.05. The van der Waals surface area contributed by atoms with Crippen molar-refractivity contribution in [1.82, 2.24) is 15.5 Å². The molecule has 0 aliphatic carbocycles. The van der Waals surface area contributed by atoms with Crippen molar-refractivity contribution in [3.05, 3.63) is 35.4 Å². The van der Waals surface area contributed by atoms with E-state index in [0.29, 0.717) is 0 Å². The molecule has 0 radical (unpaired) electrons. The third kappa shape index (κ3) is 7.30. The number of nitrogens with zero attached hydrogens (tertiary/aromatic N) is 2. The Morgan fingerprint density at radius 2 is 1.96 bits per heavy atom. The topological polar surface area (TPSA) is 39.7 Å². The predicted octanol–water partition coefficient (Wildman–Crippen LogP) is 2.58. The molecule has 0 aromatic heterocycles. The van der Waals surface area contributed by atoms with Crippen LogP contribution in [0.3, 0.4) is 0 Å². The van der Waals surface area contributed by atoms with Gasteiger partial charge in [0.2, 0.25) is 0 Å². The van der Waals surface area contributed by atoms with Gasteiger partial charge in [-0.1, -0.05) is 24.3 Å². The SMILES string of the molecule is CN=C(NCCCN1CCc2ccccc2C1)NCCSC.I. The molecule has 0 unspecified atom stereocenters. The zero-order valence-corrected chi connectivity index (χ0v) is 17.3. The van der Waals surface area contributed by atoms with Gasteiger partial charge in [-0.3, -0.25) is 9.89 Å². The smallest absolute Gasteiger partial charge is 0.191 e. The minimum Gasteiger partial charge on any atom is -0.356 e. The third-order valence-electron chi connectivity index (χ3n) is 3.98. The van der Waals surface area contributed by atoms with E-state index in [9.17, 15) is 0 Å². The molecule has 0 atom stereocenters. The summed E-state index contributed by atoms with van der Waals surface area (Å²) >= 11 is 1.84. The van der Waals surface area contributed by atoms with Gasteiger partial charge in [-0.25, -0.2) is 0 Å². The predicted molar refractivity (Wildman–Crippen MR) is 113 cm³/mol. The lowest BCUT2D eigenvalue weighted by Gasteiger charge is -2.28. The average Bonchev–Trinajstić information content (AvgIpc) is 2.57. The summed E-state index contributed by atoms with van der Waals surface area (Å²) in [7, 11) is 1.83.